The van der Waals surface area contributed by atoms with E-state index in [1.165, 1.54) is 0 Å². The van der Waals surface area contributed by atoms with Gasteiger partial charge in [0, 0.05) is 5.33 Å². The first kappa shape index (κ1) is 11.3. The Balaban J connectivity index is 2.91. The van der Waals surface area contributed by atoms with E-state index >= 15 is 0 Å². The lowest BCUT2D eigenvalue weighted by molar-refractivity contribution is 0.0343. The number of alkyl halides is 1. The minimum Gasteiger partial charge on any atom is -0.397 e. The van der Waals surface area contributed by atoms with Gasteiger partial charge >= 0.3 is 0 Å². The second kappa shape index (κ2) is 4.63. The highest BCUT2D eigenvalue weighted by atomic mass is 79.9. The van der Waals surface area contributed by atoms with Crippen LogP contribution in [0.2, 0.25) is 0 Å². The molecule has 2 atom stereocenters. The summed E-state index contributed by atoms with van der Waals surface area (Å²) in [6, 6.07) is 4.81. The van der Waals surface area contributed by atoms with Crippen molar-refractivity contribution in [2.75, 3.05) is 16.8 Å². The molecule has 4 nitrogen and oxygen atoms in total. The molecule has 0 aliphatic rings. The molecule has 0 aromatic heterocycles. The summed E-state index contributed by atoms with van der Waals surface area (Å²) in [5.41, 5.74) is 12.5. The van der Waals surface area contributed by atoms with Crippen LogP contribution in [-0.2, 0) is 0 Å². The monoisotopic (exact) mass is 260 g/mol. The lowest BCUT2D eigenvalue weighted by Crippen LogP contribution is -2.19. The summed E-state index contributed by atoms with van der Waals surface area (Å²) in [5, 5.41) is 19.3. The third kappa shape index (κ3) is 2.37. The summed E-state index contributed by atoms with van der Waals surface area (Å²) in [6.45, 7) is 0. The third-order valence-corrected chi connectivity index (χ3v) is 2.64. The molecule has 0 aliphatic heterocycles. The Bertz CT molecular complexity index is 320. The van der Waals surface area contributed by atoms with Gasteiger partial charge in [-0.2, -0.15) is 0 Å². The van der Waals surface area contributed by atoms with E-state index in [0.29, 0.717) is 22.3 Å². The molecule has 14 heavy (non-hydrogen) atoms. The van der Waals surface area contributed by atoms with E-state index < -0.39 is 12.2 Å². The fourth-order valence-electron chi connectivity index (χ4n) is 1.08. The third-order valence-electron chi connectivity index (χ3n) is 1.97. The van der Waals surface area contributed by atoms with Crippen molar-refractivity contribution >= 4 is 27.3 Å². The van der Waals surface area contributed by atoms with E-state index in [9.17, 15) is 10.2 Å². The normalized spacial score (nSPS) is 15.1. The van der Waals surface area contributed by atoms with Gasteiger partial charge in [0.05, 0.1) is 17.5 Å². The lowest BCUT2D eigenvalue weighted by Gasteiger charge is -2.16. The van der Waals surface area contributed by atoms with Gasteiger partial charge in [-0.1, -0.05) is 22.0 Å². The Morgan fingerprint density at radius 1 is 1.21 bits per heavy atom. The molecule has 0 radical (unpaired) electrons. The van der Waals surface area contributed by atoms with Gasteiger partial charge in [0.1, 0.15) is 6.10 Å². The fraction of sp³-hybridized carbons (Fsp3) is 0.333. The zero-order chi connectivity index (χ0) is 10.7. The Kier molecular flexibility index (Phi) is 3.74. The molecule has 5 heteroatoms. The first-order valence-electron chi connectivity index (χ1n) is 4.13. The van der Waals surface area contributed by atoms with Crippen LogP contribution in [-0.4, -0.2) is 21.6 Å². The summed E-state index contributed by atoms with van der Waals surface area (Å²) in [6.07, 6.45) is -1.80. The molecule has 0 saturated carbocycles. The summed E-state index contributed by atoms with van der Waals surface area (Å²) in [5.74, 6) is 0. The highest BCUT2D eigenvalue weighted by Gasteiger charge is 2.17. The summed E-state index contributed by atoms with van der Waals surface area (Å²) in [4.78, 5) is 0. The van der Waals surface area contributed by atoms with E-state index in [1.807, 2.05) is 0 Å². The van der Waals surface area contributed by atoms with Crippen molar-refractivity contribution in [2.24, 2.45) is 0 Å². The van der Waals surface area contributed by atoms with Gasteiger partial charge in [0.15, 0.2) is 0 Å². The van der Waals surface area contributed by atoms with Crippen molar-refractivity contribution in [3.05, 3.63) is 23.8 Å². The van der Waals surface area contributed by atoms with Gasteiger partial charge in [-0.3, -0.25) is 0 Å². The molecule has 78 valence electrons. The predicted octanol–water partition coefficient (Wildman–Crippen LogP) is 0.640. The van der Waals surface area contributed by atoms with Crippen LogP contribution in [0.5, 0.6) is 0 Å². The minimum atomic E-state index is -0.947. The SMILES string of the molecule is Nc1ccc(C(O)C(O)CBr)cc1N. The zero-order valence-electron chi connectivity index (χ0n) is 7.52. The Morgan fingerprint density at radius 3 is 2.36 bits per heavy atom. The molecular weight excluding hydrogens is 248 g/mol. The van der Waals surface area contributed by atoms with Crippen LogP contribution in [0.4, 0.5) is 11.4 Å². The minimum absolute atomic E-state index is 0.304. The molecule has 0 amide bonds. The highest BCUT2D eigenvalue weighted by Crippen LogP contribution is 2.23. The Morgan fingerprint density at radius 2 is 1.86 bits per heavy atom. The van der Waals surface area contributed by atoms with E-state index in [0.717, 1.165) is 0 Å². The molecule has 0 bridgehead atoms. The average Bonchev–Trinajstić information content (AvgIpc) is 2.20. The number of hydrogen-bond acceptors (Lipinski definition) is 4. The van der Waals surface area contributed by atoms with Crippen LogP contribution in [0.3, 0.4) is 0 Å². The van der Waals surface area contributed by atoms with Gasteiger partial charge in [-0.25, -0.2) is 0 Å². The molecular formula is C9H13BrN2O2. The number of nitrogens with two attached hydrogens (primary N) is 2. The van der Waals surface area contributed by atoms with E-state index in [2.05, 4.69) is 15.9 Å². The molecule has 2 unspecified atom stereocenters. The number of benzene rings is 1. The van der Waals surface area contributed by atoms with Crippen molar-refractivity contribution in [2.45, 2.75) is 12.2 Å². The maximum atomic E-state index is 9.63. The fourth-order valence-corrected chi connectivity index (χ4v) is 1.44. The van der Waals surface area contributed by atoms with Crippen molar-refractivity contribution in [3.63, 3.8) is 0 Å². The Labute approximate surface area is 90.7 Å². The molecule has 0 spiro atoms. The molecule has 0 fully saturated rings. The van der Waals surface area contributed by atoms with Crippen LogP contribution in [0, 0.1) is 0 Å². The number of rotatable bonds is 3. The van der Waals surface area contributed by atoms with Crippen molar-refractivity contribution in [1.29, 1.82) is 0 Å². The molecule has 0 heterocycles. The molecule has 6 N–H and O–H groups in total. The molecule has 1 rings (SSSR count). The molecule has 0 aliphatic carbocycles. The van der Waals surface area contributed by atoms with Crippen LogP contribution in [0.15, 0.2) is 18.2 Å². The van der Waals surface area contributed by atoms with Crippen LogP contribution >= 0.6 is 15.9 Å². The maximum Gasteiger partial charge on any atom is 0.106 e. The molecule has 1 aromatic rings. The van der Waals surface area contributed by atoms with Gasteiger partial charge in [0.25, 0.3) is 0 Å². The smallest absolute Gasteiger partial charge is 0.106 e. The predicted molar refractivity (Wildman–Crippen MR) is 60.0 cm³/mol. The van der Waals surface area contributed by atoms with Crippen molar-refractivity contribution in [3.8, 4) is 0 Å². The summed E-state index contributed by atoms with van der Waals surface area (Å²) >= 11 is 3.08. The average molecular weight is 261 g/mol. The number of aliphatic hydroxyl groups is 2. The molecule has 1 aromatic carbocycles. The van der Waals surface area contributed by atoms with Crippen LogP contribution in [0.25, 0.3) is 0 Å². The highest BCUT2D eigenvalue weighted by molar-refractivity contribution is 9.09. The van der Waals surface area contributed by atoms with E-state index in [1.54, 1.807) is 18.2 Å². The lowest BCUT2D eigenvalue weighted by atomic mass is 10.0. The van der Waals surface area contributed by atoms with Crippen molar-refractivity contribution in [1.82, 2.24) is 0 Å². The van der Waals surface area contributed by atoms with Gasteiger partial charge < -0.3 is 21.7 Å². The number of aliphatic hydroxyl groups excluding tert-OH is 2. The van der Waals surface area contributed by atoms with Crippen LogP contribution < -0.4 is 11.5 Å². The number of hydrogen-bond donors (Lipinski definition) is 4. The number of nitrogen functional groups attached to an aromatic ring is 2. The molecule has 0 saturated heterocycles. The van der Waals surface area contributed by atoms with E-state index in [-0.39, 0.29) is 0 Å². The van der Waals surface area contributed by atoms with E-state index in [4.69, 9.17) is 11.5 Å². The van der Waals surface area contributed by atoms with Gasteiger partial charge in [-0.15, -0.1) is 0 Å². The first-order valence-corrected chi connectivity index (χ1v) is 5.25. The van der Waals surface area contributed by atoms with Crippen molar-refractivity contribution < 1.29 is 10.2 Å². The number of halogens is 1. The zero-order valence-corrected chi connectivity index (χ0v) is 9.11. The first-order chi connectivity index (χ1) is 6.56. The van der Waals surface area contributed by atoms with Gasteiger partial charge in [0.2, 0.25) is 0 Å². The quantitative estimate of drug-likeness (QED) is 0.474. The summed E-state index contributed by atoms with van der Waals surface area (Å²) < 4.78 is 0. The largest absolute Gasteiger partial charge is 0.397 e. The van der Waals surface area contributed by atoms with Crippen LogP contribution in [0.1, 0.15) is 11.7 Å². The Hall–Kier alpha value is -0.780. The second-order valence-electron chi connectivity index (χ2n) is 3.05. The standard InChI is InChI=1S/C9H13BrN2O2/c10-4-8(13)9(14)5-1-2-6(11)7(12)3-5/h1-3,8-9,13-14H,4,11-12H2. The topological polar surface area (TPSA) is 92.5 Å². The summed E-state index contributed by atoms with van der Waals surface area (Å²) in [7, 11) is 0. The maximum absolute atomic E-state index is 9.63. The second-order valence-corrected chi connectivity index (χ2v) is 3.70. The van der Waals surface area contributed by atoms with Gasteiger partial charge in [-0.05, 0) is 17.7 Å². The number of anilines is 2.